The number of halogens is 1. The van der Waals surface area contributed by atoms with E-state index in [4.69, 9.17) is 21.1 Å². The minimum atomic E-state index is -2.09. The summed E-state index contributed by atoms with van der Waals surface area (Å²) in [6.07, 6.45) is -1.55. The minimum absolute atomic E-state index is 0.0877. The Morgan fingerprint density at radius 2 is 2.00 bits per heavy atom. The fourth-order valence-corrected chi connectivity index (χ4v) is 2.51. The molecule has 2 rings (SSSR count). The lowest BCUT2D eigenvalue weighted by Crippen LogP contribution is -2.23. The molecule has 0 spiro atoms. The molecular weight excluding hydrogens is 356 g/mol. The van der Waals surface area contributed by atoms with Gasteiger partial charge < -0.3 is 24.5 Å². The number of aliphatic hydroxyl groups excluding tert-OH is 1. The van der Waals surface area contributed by atoms with Gasteiger partial charge in [0.05, 0.1) is 17.7 Å². The van der Waals surface area contributed by atoms with Crippen molar-refractivity contribution in [1.29, 1.82) is 0 Å². The zero-order valence-corrected chi connectivity index (χ0v) is 13.8. The number of aromatic hydroxyl groups is 1. The van der Waals surface area contributed by atoms with Gasteiger partial charge in [-0.25, -0.2) is 9.59 Å². The predicted molar refractivity (Wildman–Crippen MR) is 87.3 cm³/mol. The van der Waals surface area contributed by atoms with Gasteiger partial charge in [-0.3, -0.25) is 4.79 Å². The van der Waals surface area contributed by atoms with Crippen molar-refractivity contribution in [2.75, 3.05) is 7.11 Å². The average molecular weight is 369 g/mol. The van der Waals surface area contributed by atoms with Gasteiger partial charge in [0, 0.05) is 6.08 Å². The van der Waals surface area contributed by atoms with E-state index in [1.165, 1.54) is 12.1 Å². The zero-order chi connectivity index (χ0) is 18.9. The van der Waals surface area contributed by atoms with Crippen molar-refractivity contribution in [3.63, 3.8) is 0 Å². The molecule has 0 radical (unpaired) electrons. The Labute approximate surface area is 145 Å². The van der Waals surface area contributed by atoms with Crippen LogP contribution in [0, 0.1) is 6.92 Å². The quantitative estimate of drug-likeness (QED) is 0.548. The molecule has 25 heavy (non-hydrogen) atoms. The number of carboxylic acids is 1. The van der Waals surface area contributed by atoms with Crippen LogP contribution >= 0.6 is 11.6 Å². The van der Waals surface area contributed by atoms with Crippen LogP contribution in [0.4, 0.5) is 0 Å². The SMILES string of the molecule is COC(=O)[C@@H](O)c1c(/C(Cl)=C\C(=O)O)oc2cc(C)cc(O)c2c1=O. The first-order chi connectivity index (χ1) is 11.7. The van der Waals surface area contributed by atoms with E-state index in [9.17, 15) is 24.6 Å². The number of rotatable bonds is 4. The monoisotopic (exact) mass is 368 g/mol. The molecule has 0 unspecified atom stereocenters. The summed E-state index contributed by atoms with van der Waals surface area (Å²) in [6.45, 7) is 1.63. The first-order valence-electron chi connectivity index (χ1n) is 6.84. The van der Waals surface area contributed by atoms with Gasteiger partial charge in [0.25, 0.3) is 0 Å². The van der Waals surface area contributed by atoms with Crippen LogP contribution in [-0.2, 0) is 14.3 Å². The average Bonchev–Trinajstić information content (AvgIpc) is 2.51. The molecule has 0 saturated heterocycles. The van der Waals surface area contributed by atoms with Crippen molar-refractivity contribution in [1.82, 2.24) is 0 Å². The van der Waals surface area contributed by atoms with E-state index in [-0.39, 0.29) is 11.0 Å². The van der Waals surface area contributed by atoms with Crippen LogP contribution in [-0.4, -0.2) is 34.4 Å². The standard InChI is InChI=1S/C16H13ClO8/c1-6-3-8(18)11-9(4-6)25-15(7(17)5-10(19)20)12(13(11)21)14(22)16(23)24-2/h3-5,14,18,22H,1-2H3,(H,19,20)/b7-5+/t14-/m0/s1. The molecule has 0 aliphatic carbocycles. The van der Waals surface area contributed by atoms with Gasteiger partial charge in [0.1, 0.15) is 16.7 Å². The number of carboxylic acid groups (broad SMARTS) is 1. The lowest BCUT2D eigenvalue weighted by Gasteiger charge is -2.14. The van der Waals surface area contributed by atoms with E-state index >= 15 is 0 Å². The molecule has 1 aromatic heterocycles. The summed E-state index contributed by atoms with van der Waals surface area (Å²) in [4.78, 5) is 35.2. The van der Waals surface area contributed by atoms with E-state index in [1.807, 2.05) is 0 Å². The number of carbonyl (C=O) groups is 2. The van der Waals surface area contributed by atoms with Gasteiger partial charge >= 0.3 is 11.9 Å². The molecule has 0 fully saturated rings. The number of esters is 1. The first-order valence-corrected chi connectivity index (χ1v) is 7.21. The largest absolute Gasteiger partial charge is 0.507 e. The zero-order valence-electron chi connectivity index (χ0n) is 13.1. The van der Waals surface area contributed by atoms with Crippen molar-refractivity contribution in [2.24, 2.45) is 0 Å². The number of hydrogen-bond donors (Lipinski definition) is 3. The third-order valence-electron chi connectivity index (χ3n) is 3.32. The van der Waals surface area contributed by atoms with Crippen molar-refractivity contribution < 1.29 is 34.1 Å². The van der Waals surface area contributed by atoms with E-state index in [0.29, 0.717) is 11.6 Å². The van der Waals surface area contributed by atoms with Crippen molar-refractivity contribution in [3.8, 4) is 5.75 Å². The highest BCUT2D eigenvalue weighted by atomic mass is 35.5. The van der Waals surface area contributed by atoms with E-state index in [1.54, 1.807) is 6.92 Å². The second-order valence-corrected chi connectivity index (χ2v) is 5.49. The number of aliphatic carboxylic acids is 1. The molecule has 9 heteroatoms. The predicted octanol–water partition coefficient (Wildman–Crippen LogP) is 1.68. The van der Waals surface area contributed by atoms with Crippen LogP contribution in [0.5, 0.6) is 5.75 Å². The summed E-state index contributed by atoms with van der Waals surface area (Å²) in [5.41, 5.74) is -1.11. The molecule has 2 aromatic rings. The summed E-state index contributed by atoms with van der Waals surface area (Å²) in [6, 6.07) is 2.71. The van der Waals surface area contributed by atoms with Gasteiger partial charge in [0.2, 0.25) is 5.43 Å². The molecule has 1 heterocycles. The van der Waals surface area contributed by atoms with Crippen molar-refractivity contribution in [2.45, 2.75) is 13.0 Å². The Morgan fingerprint density at radius 3 is 2.56 bits per heavy atom. The normalized spacial score (nSPS) is 12.9. The summed E-state index contributed by atoms with van der Waals surface area (Å²) >= 11 is 5.87. The maximum absolute atomic E-state index is 12.7. The molecule has 0 bridgehead atoms. The van der Waals surface area contributed by atoms with Crippen LogP contribution < -0.4 is 5.43 Å². The molecule has 1 aromatic carbocycles. The number of aliphatic hydroxyl groups is 1. The highest BCUT2D eigenvalue weighted by Gasteiger charge is 2.30. The highest BCUT2D eigenvalue weighted by Crippen LogP contribution is 2.32. The van der Waals surface area contributed by atoms with E-state index in [2.05, 4.69) is 4.74 Å². The molecule has 132 valence electrons. The number of fused-ring (bicyclic) bond motifs is 1. The molecule has 0 saturated carbocycles. The van der Waals surface area contributed by atoms with Crippen LogP contribution in [0.15, 0.2) is 27.4 Å². The van der Waals surface area contributed by atoms with Crippen LogP contribution in [0.25, 0.3) is 16.0 Å². The number of ether oxygens (including phenoxy) is 1. The lowest BCUT2D eigenvalue weighted by molar-refractivity contribution is -0.150. The number of hydrogen-bond acceptors (Lipinski definition) is 7. The number of carbonyl (C=O) groups excluding carboxylic acids is 1. The molecule has 0 amide bonds. The Bertz CT molecular complexity index is 957. The maximum Gasteiger partial charge on any atom is 0.339 e. The Balaban J connectivity index is 2.96. The van der Waals surface area contributed by atoms with E-state index in [0.717, 1.165) is 7.11 Å². The van der Waals surface area contributed by atoms with Crippen LogP contribution in [0.2, 0.25) is 0 Å². The number of phenolic OH excluding ortho intramolecular Hbond substituents is 1. The van der Waals surface area contributed by atoms with Gasteiger partial charge in [-0.05, 0) is 24.6 Å². The van der Waals surface area contributed by atoms with Gasteiger partial charge in [0.15, 0.2) is 11.9 Å². The Hall–Kier alpha value is -2.84. The van der Waals surface area contributed by atoms with Crippen LogP contribution in [0.3, 0.4) is 0 Å². The molecule has 1 atom stereocenters. The van der Waals surface area contributed by atoms with Gasteiger partial charge in [-0.1, -0.05) is 11.6 Å². The highest BCUT2D eigenvalue weighted by molar-refractivity contribution is 6.49. The Kier molecular flexibility index (Phi) is 5.15. The molecule has 3 N–H and O–H groups in total. The number of benzene rings is 1. The smallest absolute Gasteiger partial charge is 0.339 e. The third kappa shape index (κ3) is 3.49. The lowest BCUT2D eigenvalue weighted by atomic mass is 10.0. The second-order valence-electron chi connectivity index (χ2n) is 5.09. The molecular formula is C16H13ClO8. The van der Waals surface area contributed by atoms with Gasteiger partial charge in [-0.15, -0.1) is 0 Å². The van der Waals surface area contributed by atoms with Crippen molar-refractivity contribution >= 4 is 39.5 Å². The van der Waals surface area contributed by atoms with Crippen molar-refractivity contribution in [3.05, 3.63) is 45.3 Å². The Morgan fingerprint density at radius 1 is 1.36 bits per heavy atom. The summed E-state index contributed by atoms with van der Waals surface area (Å²) < 4.78 is 9.81. The van der Waals surface area contributed by atoms with E-state index < -0.39 is 45.6 Å². The fraction of sp³-hybridized carbons (Fsp3) is 0.188. The fourth-order valence-electron chi connectivity index (χ4n) is 2.28. The molecule has 8 nitrogen and oxygen atoms in total. The maximum atomic E-state index is 12.7. The number of aryl methyl sites for hydroxylation is 1. The first kappa shape index (κ1) is 18.5. The summed E-state index contributed by atoms with van der Waals surface area (Å²) in [7, 11) is 0.990. The molecule has 0 aliphatic heterocycles. The number of phenols is 1. The minimum Gasteiger partial charge on any atom is -0.507 e. The van der Waals surface area contributed by atoms with Crippen LogP contribution in [0.1, 0.15) is 23.0 Å². The summed E-state index contributed by atoms with van der Waals surface area (Å²) in [5, 5.41) is 28.1. The third-order valence-corrected chi connectivity index (χ3v) is 3.60. The summed E-state index contributed by atoms with van der Waals surface area (Å²) in [5.74, 6) is -3.55. The number of methoxy groups -OCH3 is 1. The topological polar surface area (TPSA) is 134 Å². The van der Waals surface area contributed by atoms with Gasteiger partial charge in [-0.2, -0.15) is 0 Å². The molecule has 0 aliphatic rings. The second kappa shape index (κ2) is 6.96.